The lowest BCUT2D eigenvalue weighted by molar-refractivity contribution is -0.351. The molecule has 0 bridgehead atoms. The number of hydrogen-bond acceptors (Lipinski definition) is 11. The number of methoxy groups -OCH3 is 1. The van der Waals surface area contributed by atoms with Gasteiger partial charge in [0.25, 0.3) is 0 Å². The lowest BCUT2D eigenvalue weighted by Gasteiger charge is -2.48. The van der Waals surface area contributed by atoms with Crippen LogP contribution in [0, 0.1) is 0 Å². The van der Waals surface area contributed by atoms with Crippen molar-refractivity contribution in [1.82, 2.24) is 0 Å². The summed E-state index contributed by atoms with van der Waals surface area (Å²) in [7, 11) is 1.61. The van der Waals surface area contributed by atoms with Gasteiger partial charge in [-0.3, -0.25) is 0 Å². The Morgan fingerprint density at radius 2 is 0.534 bits per heavy atom. The Balaban J connectivity index is 1.05. The van der Waals surface area contributed by atoms with Crippen molar-refractivity contribution < 1.29 is 52.1 Å². The molecule has 2 aliphatic rings. The molecule has 0 aromatic heterocycles. The summed E-state index contributed by atoms with van der Waals surface area (Å²) < 4.78 is 75.2. The standard InChI is InChI=1S/C62H66O11/c1-63-61-59(69-42-51-33-19-7-20-34-51)57(67-40-49-29-15-5-16-30-49)56(66-39-48-27-13-4-14-28-48)54(72-61)45-71-62-60(70-43-52-35-21-8-22-36-52)58(68-41-50-31-17-6-18-32-50)55(65-38-47-25-11-3-12-26-47)53(73-62)44-64-37-46-23-9-2-10-24-46/h2-36,53-62H,37-45H2,1H3/t53-,54-,55+,56+,57+,58+,59-,60-,61+,62+/m1/s1. The molecule has 0 aliphatic carbocycles. The Hall–Kier alpha value is -5.90. The molecule has 10 atom stereocenters. The molecule has 2 fully saturated rings. The van der Waals surface area contributed by atoms with Gasteiger partial charge in [0, 0.05) is 7.11 Å². The first-order chi connectivity index (χ1) is 36.2. The summed E-state index contributed by atoms with van der Waals surface area (Å²) in [5.74, 6) is 0. The zero-order valence-electron chi connectivity index (χ0n) is 41.3. The minimum absolute atomic E-state index is 0.00960. The third-order valence-electron chi connectivity index (χ3n) is 12.9. The van der Waals surface area contributed by atoms with Crippen molar-refractivity contribution in [2.24, 2.45) is 0 Å². The van der Waals surface area contributed by atoms with Gasteiger partial charge >= 0.3 is 0 Å². The van der Waals surface area contributed by atoms with Crippen LogP contribution in [0.1, 0.15) is 38.9 Å². The van der Waals surface area contributed by atoms with E-state index in [0.717, 1.165) is 38.9 Å². The van der Waals surface area contributed by atoms with Crippen LogP contribution >= 0.6 is 0 Å². The second-order valence-electron chi connectivity index (χ2n) is 18.2. The van der Waals surface area contributed by atoms with E-state index in [2.05, 4.69) is 0 Å². The van der Waals surface area contributed by atoms with E-state index in [0.29, 0.717) is 26.4 Å². The van der Waals surface area contributed by atoms with Crippen LogP contribution in [0.2, 0.25) is 0 Å². The highest BCUT2D eigenvalue weighted by molar-refractivity contribution is 5.19. The van der Waals surface area contributed by atoms with Crippen molar-refractivity contribution in [3.8, 4) is 0 Å². The molecular weight excluding hydrogens is 921 g/mol. The summed E-state index contributed by atoms with van der Waals surface area (Å²) >= 11 is 0. The van der Waals surface area contributed by atoms with E-state index in [-0.39, 0.29) is 33.0 Å². The molecule has 0 unspecified atom stereocenters. The molecule has 2 saturated heterocycles. The van der Waals surface area contributed by atoms with Gasteiger partial charge in [0.2, 0.25) is 0 Å². The maximum atomic E-state index is 7.10. The maximum Gasteiger partial charge on any atom is 0.187 e. The minimum atomic E-state index is -0.999. The molecule has 2 heterocycles. The SMILES string of the molecule is CO[C@H]1O[C@H](CO[C@H]2O[C@H](COCc3ccccc3)[C@H](OCc3ccccc3)[C@H](OCc3ccccc3)[C@H]2OCc2ccccc2)[C@H](OCc2ccccc2)[C@H](OCc2ccccc2)[C@H]1OCc1ccccc1. The predicted molar refractivity (Wildman–Crippen MR) is 276 cm³/mol. The van der Waals surface area contributed by atoms with E-state index in [1.807, 2.05) is 212 Å². The Kier molecular flexibility index (Phi) is 19.9. The lowest BCUT2D eigenvalue weighted by atomic mass is 9.96. The van der Waals surface area contributed by atoms with Crippen LogP contribution in [0.15, 0.2) is 212 Å². The highest BCUT2D eigenvalue weighted by atomic mass is 16.7. The van der Waals surface area contributed by atoms with Gasteiger partial charge in [-0.25, -0.2) is 0 Å². The van der Waals surface area contributed by atoms with Gasteiger partial charge in [0.15, 0.2) is 12.6 Å². The topological polar surface area (TPSA) is 102 Å². The third-order valence-corrected chi connectivity index (χ3v) is 12.9. The Labute approximate surface area is 429 Å². The number of ether oxygens (including phenoxy) is 11. The molecule has 73 heavy (non-hydrogen) atoms. The van der Waals surface area contributed by atoms with E-state index in [9.17, 15) is 0 Å². The van der Waals surface area contributed by atoms with Gasteiger partial charge in [0.05, 0.1) is 59.5 Å². The summed E-state index contributed by atoms with van der Waals surface area (Å²) in [6.07, 6.45) is -7.47. The quantitative estimate of drug-likeness (QED) is 0.0518. The zero-order valence-corrected chi connectivity index (χ0v) is 41.3. The van der Waals surface area contributed by atoms with E-state index in [1.165, 1.54) is 0 Å². The van der Waals surface area contributed by atoms with Crippen LogP contribution in [0.5, 0.6) is 0 Å². The molecule has 7 aromatic carbocycles. The Bertz CT molecular complexity index is 2560. The van der Waals surface area contributed by atoms with Crippen molar-refractivity contribution in [3.63, 3.8) is 0 Å². The van der Waals surface area contributed by atoms with Gasteiger partial charge in [0.1, 0.15) is 48.8 Å². The van der Waals surface area contributed by atoms with Crippen molar-refractivity contribution >= 4 is 0 Å². The summed E-state index contributed by atoms with van der Waals surface area (Å²) in [4.78, 5) is 0. The highest BCUT2D eigenvalue weighted by Gasteiger charge is 2.52. The van der Waals surface area contributed by atoms with Gasteiger partial charge in [-0.05, 0) is 38.9 Å². The Morgan fingerprint density at radius 1 is 0.274 bits per heavy atom. The van der Waals surface area contributed by atoms with Crippen LogP contribution in [0.25, 0.3) is 0 Å². The number of benzene rings is 7. The first kappa shape index (κ1) is 52.0. The molecule has 2 aliphatic heterocycles. The normalized spacial score (nSPS) is 24.0. The van der Waals surface area contributed by atoms with Gasteiger partial charge in [-0.2, -0.15) is 0 Å². The van der Waals surface area contributed by atoms with Gasteiger partial charge < -0.3 is 52.1 Å². The molecule has 380 valence electrons. The van der Waals surface area contributed by atoms with Crippen LogP contribution < -0.4 is 0 Å². The van der Waals surface area contributed by atoms with Crippen molar-refractivity contribution in [2.75, 3.05) is 20.3 Å². The van der Waals surface area contributed by atoms with Crippen molar-refractivity contribution in [1.29, 1.82) is 0 Å². The molecule has 11 heteroatoms. The minimum Gasteiger partial charge on any atom is -0.374 e. The molecule has 0 amide bonds. The van der Waals surface area contributed by atoms with E-state index in [4.69, 9.17) is 52.1 Å². The summed E-state index contributed by atoms with van der Waals surface area (Å²) in [5.41, 5.74) is 7.00. The van der Waals surface area contributed by atoms with Gasteiger partial charge in [-0.1, -0.05) is 212 Å². The molecular formula is C62H66O11. The number of hydrogen-bond donors (Lipinski definition) is 0. The molecule has 0 saturated carbocycles. The van der Waals surface area contributed by atoms with E-state index >= 15 is 0 Å². The summed E-state index contributed by atoms with van der Waals surface area (Å²) in [6, 6.07) is 70.4. The van der Waals surface area contributed by atoms with E-state index < -0.39 is 61.4 Å². The van der Waals surface area contributed by atoms with Gasteiger partial charge in [-0.15, -0.1) is 0 Å². The van der Waals surface area contributed by atoms with Crippen molar-refractivity contribution in [3.05, 3.63) is 251 Å². The first-order valence-electron chi connectivity index (χ1n) is 25.2. The van der Waals surface area contributed by atoms with E-state index in [1.54, 1.807) is 7.11 Å². The first-order valence-corrected chi connectivity index (χ1v) is 25.2. The molecule has 9 rings (SSSR count). The van der Waals surface area contributed by atoms with Crippen LogP contribution in [0.4, 0.5) is 0 Å². The Morgan fingerprint density at radius 3 is 0.863 bits per heavy atom. The molecule has 0 spiro atoms. The summed E-state index contributed by atoms with van der Waals surface area (Å²) in [5, 5.41) is 0. The summed E-state index contributed by atoms with van der Waals surface area (Å²) in [6.45, 7) is 2.25. The van der Waals surface area contributed by atoms with Crippen LogP contribution in [-0.2, 0) is 98.4 Å². The molecule has 0 N–H and O–H groups in total. The average Bonchev–Trinajstić information content (AvgIpc) is 3.45. The number of rotatable bonds is 26. The van der Waals surface area contributed by atoms with Crippen LogP contribution in [-0.4, -0.2) is 81.7 Å². The predicted octanol–water partition coefficient (Wildman–Crippen LogP) is 10.8. The maximum absolute atomic E-state index is 7.10. The average molecular weight is 987 g/mol. The highest BCUT2D eigenvalue weighted by Crippen LogP contribution is 2.35. The fourth-order valence-electron chi connectivity index (χ4n) is 9.14. The third kappa shape index (κ3) is 15.3. The zero-order chi connectivity index (χ0) is 49.7. The largest absolute Gasteiger partial charge is 0.374 e. The molecule has 7 aromatic rings. The fraction of sp³-hybridized carbons (Fsp3) is 0.323. The molecule has 11 nitrogen and oxygen atoms in total. The lowest BCUT2D eigenvalue weighted by Crippen LogP contribution is -2.64. The second-order valence-corrected chi connectivity index (χ2v) is 18.2. The fourth-order valence-corrected chi connectivity index (χ4v) is 9.14. The smallest absolute Gasteiger partial charge is 0.187 e. The second kappa shape index (κ2) is 28.0. The van der Waals surface area contributed by atoms with Crippen LogP contribution in [0.3, 0.4) is 0 Å². The monoisotopic (exact) mass is 986 g/mol. The van der Waals surface area contributed by atoms with Crippen molar-refractivity contribution in [2.45, 2.75) is 108 Å². The molecule has 0 radical (unpaired) electrons.